The Kier molecular flexibility index (Phi) is 5.24. The zero-order valence-corrected chi connectivity index (χ0v) is 15.3. The molecule has 132 valence electrons. The van der Waals surface area contributed by atoms with Crippen LogP contribution < -0.4 is 0 Å². The Labute approximate surface area is 157 Å². The van der Waals surface area contributed by atoms with Crippen LogP contribution in [-0.4, -0.2) is 22.9 Å². The van der Waals surface area contributed by atoms with E-state index in [1.165, 1.54) is 0 Å². The van der Waals surface area contributed by atoms with Crippen molar-refractivity contribution in [1.29, 1.82) is 0 Å². The molecule has 0 aliphatic rings. The van der Waals surface area contributed by atoms with E-state index in [4.69, 9.17) is 16.3 Å². The molecule has 3 rings (SSSR count). The molecule has 1 aromatic heterocycles. The van der Waals surface area contributed by atoms with Crippen LogP contribution >= 0.6 is 11.6 Å². The molecule has 0 fully saturated rings. The third-order valence-corrected chi connectivity index (χ3v) is 4.38. The first-order valence-electron chi connectivity index (χ1n) is 8.17. The number of carbonyl (C=O) groups is 2. The number of carbonyl (C=O) groups excluding carboxylic acids is 2. The van der Waals surface area contributed by atoms with Crippen LogP contribution in [0.4, 0.5) is 0 Å². The Morgan fingerprint density at radius 3 is 2.42 bits per heavy atom. The van der Waals surface area contributed by atoms with Crippen molar-refractivity contribution >= 4 is 23.4 Å². The molecule has 0 atom stereocenters. The Hall–Kier alpha value is -2.85. The average Bonchev–Trinajstić information content (AvgIpc) is 2.94. The molecule has 26 heavy (non-hydrogen) atoms. The number of esters is 1. The lowest BCUT2D eigenvalue weighted by Gasteiger charge is -2.09. The van der Waals surface area contributed by atoms with Crippen molar-refractivity contribution in [2.75, 3.05) is 6.61 Å². The molecule has 3 aromatic rings. The summed E-state index contributed by atoms with van der Waals surface area (Å²) in [6.45, 7) is 3.46. The van der Waals surface area contributed by atoms with Gasteiger partial charge in [0.1, 0.15) is 0 Å². The van der Waals surface area contributed by atoms with E-state index in [9.17, 15) is 9.59 Å². The van der Waals surface area contributed by atoms with Gasteiger partial charge in [0.15, 0.2) is 12.4 Å². The molecule has 0 aliphatic heterocycles. The second-order valence-electron chi connectivity index (χ2n) is 5.97. The van der Waals surface area contributed by atoms with E-state index < -0.39 is 5.97 Å². The molecule has 5 heteroatoms. The number of hydrogen-bond donors (Lipinski definition) is 0. The fraction of sp³-hybridized carbons (Fsp3) is 0.143. The lowest BCUT2D eigenvalue weighted by molar-refractivity contribution is 0.0474. The molecule has 0 bridgehead atoms. The summed E-state index contributed by atoms with van der Waals surface area (Å²) >= 11 is 5.88. The first-order chi connectivity index (χ1) is 12.5. The Morgan fingerprint density at radius 2 is 1.73 bits per heavy atom. The fourth-order valence-electron chi connectivity index (χ4n) is 2.90. The summed E-state index contributed by atoms with van der Waals surface area (Å²) in [6, 6.07) is 18.1. The molecule has 0 unspecified atom stereocenters. The highest BCUT2D eigenvalue weighted by atomic mass is 35.5. The van der Waals surface area contributed by atoms with Crippen molar-refractivity contribution in [3.05, 3.63) is 88.2 Å². The van der Waals surface area contributed by atoms with Crippen LogP contribution in [0.2, 0.25) is 5.02 Å². The predicted molar refractivity (Wildman–Crippen MR) is 101 cm³/mol. The molecule has 0 aliphatic carbocycles. The molecule has 0 N–H and O–H groups in total. The van der Waals surface area contributed by atoms with E-state index in [2.05, 4.69) is 0 Å². The molecule has 0 spiro atoms. The number of aromatic nitrogens is 1. The molecule has 0 saturated heterocycles. The van der Waals surface area contributed by atoms with Gasteiger partial charge < -0.3 is 9.30 Å². The molecule has 0 amide bonds. The second-order valence-corrected chi connectivity index (χ2v) is 6.40. The van der Waals surface area contributed by atoms with Crippen LogP contribution in [0.1, 0.15) is 32.1 Å². The van der Waals surface area contributed by atoms with Gasteiger partial charge in [0.25, 0.3) is 0 Å². The number of para-hydroxylation sites is 1. The minimum Gasteiger partial charge on any atom is -0.454 e. The van der Waals surface area contributed by atoms with Crippen LogP contribution in [-0.2, 0) is 4.74 Å². The van der Waals surface area contributed by atoms with Gasteiger partial charge in [-0.3, -0.25) is 4.79 Å². The normalized spacial score (nSPS) is 10.6. The van der Waals surface area contributed by atoms with Crippen molar-refractivity contribution in [3.8, 4) is 5.69 Å². The minimum absolute atomic E-state index is 0.294. The summed E-state index contributed by atoms with van der Waals surface area (Å²) in [5.74, 6) is -0.812. The molecule has 2 aromatic carbocycles. The van der Waals surface area contributed by atoms with Crippen LogP contribution in [0.15, 0.2) is 60.7 Å². The van der Waals surface area contributed by atoms with Crippen LogP contribution in [0.5, 0.6) is 0 Å². The average molecular weight is 368 g/mol. The quantitative estimate of drug-likeness (QED) is 0.481. The third-order valence-electron chi connectivity index (χ3n) is 4.15. The SMILES string of the molecule is Cc1cc(C(=O)OCC(=O)c2cccc(Cl)c2)c(C)n1-c1ccccc1. The van der Waals surface area contributed by atoms with Gasteiger partial charge in [-0.05, 0) is 44.2 Å². The molecule has 0 radical (unpaired) electrons. The summed E-state index contributed by atoms with van der Waals surface area (Å²) in [5.41, 5.74) is 3.53. The van der Waals surface area contributed by atoms with Gasteiger partial charge in [0, 0.05) is 27.7 Å². The number of aryl methyl sites for hydroxylation is 1. The van der Waals surface area contributed by atoms with Gasteiger partial charge in [-0.15, -0.1) is 0 Å². The highest BCUT2D eigenvalue weighted by Crippen LogP contribution is 2.21. The fourth-order valence-corrected chi connectivity index (χ4v) is 3.09. The van der Waals surface area contributed by atoms with Crippen LogP contribution in [0.25, 0.3) is 5.69 Å². The van der Waals surface area contributed by atoms with Crippen LogP contribution in [0.3, 0.4) is 0 Å². The van der Waals surface area contributed by atoms with E-state index in [0.29, 0.717) is 16.1 Å². The van der Waals surface area contributed by atoms with Gasteiger partial charge in [0.2, 0.25) is 0 Å². The third kappa shape index (κ3) is 3.70. The predicted octanol–water partition coefficient (Wildman–Crippen LogP) is 4.79. The molecular formula is C21H18ClNO3. The maximum Gasteiger partial charge on any atom is 0.340 e. The van der Waals surface area contributed by atoms with E-state index in [1.807, 2.05) is 48.7 Å². The van der Waals surface area contributed by atoms with Crippen molar-refractivity contribution in [3.63, 3.8) is 0 Å². The Bertz CT molecular complexity index is 961. The first kappa shape index (κ1) is 18.0. The lowest BCUT2D eigenvalue weighted by atomic mass is 10.1. The van der Waals surface area contributed by atoms with E-state index in [0.717, 1.165) is 17.1 Å². The number of nitrogens with zero attached hydrogens (tertiary/aromatic N) is 1. The summed E-state index contributed by atoms with van der Waals surface area (Å²) in [6.07, 6.45) is 0. The highest BCUT2D eigenvalue weighted by Gasteiger charge is 2.19. The van der Waals surface area contributed by atoms with E-state index >= 15 is 0 Å². The first-order valence-corrected chi connectivity index (χ1v) is 8.55. The van der Waals surface area contributed by atoms with Gasteiger partial charge in [-0.25, -0.2) is 4.79 Å². The maximum absolute atomic E-state index is 12.5. The molecule has 4 nitrogen and oxygen atoms in total. The summed E-state index contributed by atoms with van der Waals surface area (Å²) in [7, 11) is 0. The van der Waals surface area contributed by atoms with Crippen molar-refractivity contribution < 1.29 is 14.3 Å². The van der Waals surface area contributed by atoms with Crippen LogP contribution in [0, 0.1) is 13.8 Å². The van der Waals surface area contributed by atoms with Crippen molar-refractivity contribution in [1.82, 2.24) is 4.57 Å². The standard InChI is InChI=1S/C21H18ClNO3/c1-14-11-19(15(2)23(14)18-9-4-3-5-10-18)21(25)26-13-20(24)16-7-6-8-17(22)12-16/h3-12H,13H2,1-2H3. The maximum atomic E-state index is 12.5. The van der Waals surface area contributed by atoms with Gasteiger partial charge >= 0.3 is 5.97 Å². The Morgan fingerprint density at radius 1 is 1.00 bits per heavy atom. The topological polar surface area (TPSA) is 48.3 Å². The smallest absolute Gasteiger partial charge is 0.340 e. The number of Topliss-reactive ketones (excluding diaryl/α,β-unsaturated/α-hetero) is 1. The van der Waals surface area contributed by atoms with Crippen molar-refractivity contribution in [2.24, 2.45) is 0 Å². The number of benzene rings is 2. The van der Waals surface area contributed by atoms with Gasteiger partial charge in [-0.1, -0.05) is 41.9 Å². The number of hydrogen-bond acceptors (Lipinski definition) is 3. The van der Waals surface area contributed by atoms with E-state index in [1.54, 1.807) is 30.3 Å². The Balaban J connectivity index is 1.76. The largest absolute Gasteiger partial charge is 0.454 e. The zero-order chi connectivity index (χ0) is 18.7. The number of ether oxygens (including phenoxy) is 1. The summed E-state index contributed by atoms with van der Waals surface area (Å²) in [4.78, 5) is 24.6. The molecule has 0 saturated carbocycles. The van der Waals surface area contributed by atoms with E-state index in [-0.39, 0.29) is 12.4 Å². The van der Waals surface area contributed by atoms with Gasteiger partial charge in [0.05, 0.1) is 5.56 Å². The van der Waals surface area contributed by atoms with Gasteiger partial charge in [-0.2, -0.15) is 0 Å². The second kappa shape index (κ2) is 7.58. The van der Waals surface area contributed by atoms with Crippen molar-refractivity contribution in [2.45, 2.75) is 13.8 Å². The number of ketones is 1. The number of halogens is 1. The molecular weight excluding hydrogens is 350 g/mol. The molecule has 1 heterocycles. The summed E-state index contributed by atoms with van der Waals surface area (Å²) in [5, 5.41) is 0.466. The lowest BCUT2D eigenvalue weighted by Crippen LogP contribution is -2.15. The summed E-state index contributed by atoms with van der Waals surface area (Å²) < 4.78 is 7.21. The highest BCUT2D eigenvalue weighted by molar-refractivity contribution is 6.31. The number of rotatable bonds is 5. The zero-order valence-electron chi connectivity index (χ0n) is 14.5. The monoisotopic (exact) mass is 367 g/mol. The minimum atomic E-state index is -0.518.